The third kappa shape index (κ3) is 2.97. The van der Waals surface area contributed by atoms with Crippen LogP contribution in [0.3, 0.4) is 0 Å². The Morgan fingerprint density at radius 2 is 2.09 bits per heavy atom. The molecule has 0 N–H and O–H groups in total. The van der Waals surface area contributed by atoms with Gasteiger partial charge >= 0.3 is 0 Å². The van der Waals surface area contributed by atoms with Crippen LogP contribution in [0, 0.1) is 5.92 Å². The fraction of sp³-hybridized carbons (Fsp3) is 0.750. The van der Waals surface area contributed by atoms with Gasteiger partial charge in [-0.05, 0) is 32.4 Å². The molecule has 1 aromatic rings. The second kappa shape index (κ2) is 6.28. The Labute approximate surface area is 131 Å². The van der Waals surface area contributed by atoms with Crippen LogP contribution in [0.4, 0.5) is 0 Å². The van der Waals surface area contributed by atoms with Gasteiger partial charge in [0.15, 0.2) is 6.61 Å². The fourth-order valence-electron chi connectivity index (χ4n) is 3.68. The number of rotatable bonds is 3. The molecule has 0 radical (unpaired) electrons. The Morgan fingerprint density at radius 3 is 3.00 bits per heavy atom. The van der Waals surface area contributed by atoms with Gasteiger partial charge in [-0.15, -0.1) is 0 Å². The third-order valence-electron chi connectivity index (χ3n) is 4.93. The zero-order valence-electron chi connectivity index (χ0n) is 13.0. The average Bonchev–Trinajstić information content (AvgIpc) is 3.04. The SMILES string of the molecule is c1ncn2c1CC(C1=NOCC(CN3CCCCC3)O1)CC2. The molecule has 0 aromatic carbocycles. The van der Waals surface area contributed by atoms with Crippen molar-refractivity contribution in [3.8, 4) is 0 Å². The largest absolute Gasteiger partial charge is 0.470 e. The molecule has 0 amide bonds. The van der Waals surface area contributed by atoms with Crippen LogP contribution in [0.5, 0.6) is 0 Å². The van der Waals surface area contributed by atoms with E-state index in [0.717, 1.165) is 31.8 Å². The predicted molar refractivity (Wildman–Crippen MR) is 82.6 cm³/mol. The number of imidazole rings is 1. The van der Waals surface area contributed by atoms with Crippen molar-refractivity contribution in [2.45, 2.75) is 44.8 Å². The van der Waals surface area contributed by atoms with Crippen molar-refractivity contribution in [2.24, 2.45) is 11.1 Å². The number of likely N-dealkylation sites (tertiary alicyclic amines) is 1. The Morgan fingerprint density at radius 1 is 1.18 bits per heavy atom. The van der Waals surface area contributed by atoms with Crippen LogP contribution in [-0.2, 0) is 22.5 Å². The van der Waals surface area contributed by atoms with E-state index in [1.807, 2.05) is 12.5 Å². The lowest BCUT2D eigenvalue weighted by molar-refractivity contribution is -0.0161. The molecule has 22 heavy (non-hydrogen) atoms. The van der Waals surface area contributed by atoms with E-state index in [1.165, 1.54) is 38.0 Å². The summed E-state index contributed by atoms with van der Waals surface area (Å²) in [5.74, 6) is 1.12. The molecule has 4 rings (SSSR count). The molecule has 3 aliphatic heterocycles. The van der Waals surface area contributed by atoms with E-state index < -0.39 is 0 Å². The summed E-state index contributed by atoms with van der Waals surface area (Å²) in [4.78, 5) is 12.2. The van der Waals surface area contributed by atoms with Crippen LogP contribution in [0.1, 0.15) is 31.4 Å². The van der Waals surface area contributed by atoms with Crippen LogP contribution in [-0.4, -0.2) is 52.7 Å². The lowest BCUT2D eigenvalue weighted by Crippen LogP contribution is -2.43. The van der Waals surface area contributed by atoms with Gasteiger partial charge in [-0.1, -0.05) is 11.6 Å². The van der Waals surface area contributed by atoms with Crippen LogP contribution < -0.4 is 0 Å². The summed E-state index contributed by atoms with van der Waals surface area (Å²) in [6.45, 7) is 4.90. The van der Waals surface area contributed by atoms with Gasteiger partial charge in [0.2, 0.25) is 5.90 Å². The molecule has 4 heterocycles. The number of oxime groups is 1. The minimum absolute atomic E-state index is 0.123. The number of ether oxygens (including phenoxy) is 1. The van der Waals surface area contributed by atoms with Gasteiger partial charge in [-0.2, -0.15) is 0 Å². The number of nitrogens with zero attached hydrogens (tertiary/aromatic N) is 4. The molecule has 1 aromatic heterocycles. The third-order valence-corrected chi connectivity index (χ3v) is 4.93. The van der Waals surface area contributed by atoms with E-state index in [-0.39, 0.29) is 6.10 Å². The highest BCUT2D eigenvalue weighted by molar-refractivity contribution is 5.79. The molecule has 2 unspecified atom stereocenters. The molecule has 1 fully saturated rings. The molecular weight excluding hydrogens is 280 g/mol. The summed E-state index contributed by atoms with van der Waals surface area (Å²) < 4.78 is 8.39. The van der Waals surface area contributed by atoms with Gasteiger partial charge in [0.05, 0.1) is 6.33 Å². The molecule has 6 heteroatoms. The highest BCUT2D eigenvalue weighted by Gasteiger charge is 2.30. The summed E-state index contributed by atoms with van der Waals surface area (Å²) in [5.41, 5.74) is 1.26. The van der Waals surface area contributed by atoms with E-state index >= 15 is 0 Å². The maximum atomic E-state index is 6.17. The van der Waals surface area contributed by atoms with E-state index in [4.69, 9.17) is 9.57 Å². The van der Waals surface area contributed by atoms with E-state index in [1.54, 1.807) is 0 Å². The highest BCUT2D eigenvalue weighted by atomic mass is 16.7. The molecular formula is C16H24N4O2. The van der Waals surface area contributed by atoms with Crippen LogP contribution in [0.2, 0.25) is 0 Å². The Kier molecular flexibility index (Phi) is 4.01. The molecule has 120 valence electrons. The van der Waals surface area contributed by atoms with Crippen molar-refractivity contribution in [3.63, 3.8) is 0 Å². The first kappa shape index (κ1) is 14.1. The van der Waals surface area contributed by atoms with E-state index in [0.29, 0.717) is 12.5 Å². The maximum Gasteiger partial charge on any atom is 0.229 e. The highest BCUT2D eigenvalue weighted by Crippen LogP contribution is 2.24. The van der Waals surface area contributed by atoms with E-state index in [9.17, 15) is 0 Å². The predicted octanol–water partition coefficient (Wildman–Crippen LogP) is 1.66. The first-order chi connectivity index (χ1) is 10.9. The molecule has 6 nitrogen and oxygen atoms in total. The number of piperidine rings is 1. The Hall–Kier alpha value is -1.56. The minimum Gasteiger partial charge on any atom is -0.470 e. The molecule has 1 saturated heterocycles. The fourth-order valence-corrected chi connectivity index (χ4v) is 3.68. The molecule has 0 saturated carbocycles. The van der Waals surface area contributed by atoms with Crippen LogP contribution in [0.15, 0.2) is 17.7 Å². The lowest BCUT2D eigenvalue weighted by Gasteiger charge is -2.33. The Balaban J connectivity index is 1.36. The Bertz CT molecular complexity index is 536. The first-order valence-electron chi connectivity index (χ1n) is 8.46. The van der Waals surface area contributed by atoms with Gasteiger partial charge in [-0.25, -0.2) is 4.98 Å². The van der Waals surface area contributed by atoms with Gasteiger partial charge in [-0.3, -0.25) is 4.90 Å². The maximum absolute atomic E-state index is 6.17. The van der Waals surface area contributed by atoms with Crippen molar-refractivity contribution >= 4 is 5.90 Å². The standard InChI is InChI=1S/C16H24N4O2/c1-2-5-19(6-3-1)10-15-11-21-18-16(22-15)13-4-7-20-12-17-9-14(20)8-13/h9,12-13,15H,1-8,10-11H2. The van der Waals surface area contributed by atoms with Gasteiger partial charge in [0.1, 0.15) is 6.10 Å². The number of fused-ring (bicyclic) bond motifs is 1. The summed E-state index contributed by atoms with van der Waals surface area (Å²) >= 11 is 0. The van der Waals surface area contributed by atoms with Crippen molar-refractivity contribution in [3.05, 3.63) is 18.2 Å². The van der Waals surface area contributed by atoms with E-state index in [2.05, 4.69) is 19.6 Å². The molecule has 0 aliphatic carbocycles. The normalized spacial score (nSPS) is 29.2. The van der Waals surface area contributed by atoms with Gasteiger partial charge < -0.3 is 14.1 Å². The molecule has 2 atom stereocenters. The van der Waals surface area contributed by atoms with Crippen LogP contribution in [0.25, 0.3) is 0 Å². The lowest BCUT2D eigenvalue weighted by atomic mass is 9.96. The average molecular weight is 304 g/mol. The topological polar surface area (TPSA) is 51.9 Å². The minimum atomic E-state index is 0.123. The number of hydrogen-bond acceptors (Lipinski definition) is 5. The second-order valence-corrected chi connectivity index (χ2v) is 6.59. The monoisotopic (exact) mass is 304 g/mol. The summed E-state index contributed by atoms with van der Waals surface area (Å²) in [7, 11) is 0. The number of aryl methyl sites for hydroxylation is 1. The zero-order valence-corrected chi connectivity index (χ0v) is 13.0. The first-order valence-corrected chi connectivity index (χ1v) is 8.46. The number of hydrogen-bond donors (Lipinski definition) is 0. The van der Waals surface area contributed by atoms with Crippen molar-refractivity contribution in [1.29, 1.82) is 0 Å². The van der Waals surface area contributed by atoms with Crippen LogP contribution >= 0.6 is 0 Å². The smallest absolute Gasteiger partial charge is 0.229 e. The summed E-state index contributed by atoms with van der Waals surface area (Å²) in [6, 6.07) is 0. The molecule has 0 bridgehead atoms. The molecule has 3 aliphatic rings. The quantitative estimate of drug-likeness (QED) is 0.852. The second-order valence-electron chi connectivity index (χ2n) is 6.59. The zero-order chi connectivity index (χ0) is 14.8. The van der Waals surface area contributed by atoms with Crippen molar-refractivity contribution in [1.82, 2.24) is 14.5 Å². The summed E-state index contributed by atoms with van der Waals surface area (Å²) in [6.07, 6.45) is 9.94. The van der Waals surface area contributed by atoms with Crippen molar-refractivity contribution in [2.75, 3.05) is 26.2 Å². The summed E-state index contributed by atoms with van der Waals surface area (Å²) in [5, 5.41) is 4.20. The molecule has 0 spiro atoms. The van der Waals surface area contributed by atoms with Gasteiger partial charge in [0.25, 0.3) is 0 Å². The van der Waals surface area contributed by atoms with Crippen molar-refractivity contribution < 1.29 is 9.57 Å². The van der Waals surface area contributed by atoms with Gasteiger partial charge in [0, 0.05) is 37.3 Å². The number of aromatic nitrogens is 2.